The van der Waals surface area contributed by atoms with Gasteiger partial charge in [-0.3, -0.25) is 4.79 Å². The van der Waals surface area contributed by atoms with Gasteiger partial charge < -0.3 is 29.3 Å². The third kappa shape index (κ3) is 7.54. The van der Waals surface area contributed by atoms with Crippen molar-refractivity contribution in [1.82, 2.24) is 14.8 Å². The first-order valence-electron chi connectivity index (χ1n) is 17.1. The van der Waals surface area contributed by atoms with Crippen molar-refractivity contribution in [2.75, 3.05) is 61.6 Å². The van der Waals surface area contributed by atoms with E-state index in [0.717, 1.165) is 54.9 Å². The SMILES string of the molecule is COc1cc(C(=O)Nc2ccc(F)cc2)ccc1N1CCN(c2ccc(OC[C@@H]3CO[C@@](Cn4cncn4)(c4ccc(F)cc4F)C3)c(C)c2)CC1. The number of methoxy groups -OCH3 is 1. The molecule has 52 heavy (non-hydrogen) atoms. The topological polar surface area (TPSA) is 94.0 Å². The molecule has 0 aliphatic carbocycles. The monoisotopic (exact) mass is 712 g/mol. The van der Waals surface area contributed by atoms with Crippen LogP contribution in [0.15, 0.2) is 91.5 Å². The number of hydrogen-bond acceptors (Lipinski definition) is 8. The standard InChI is InChI=1S/C39H39F3N6O4/c1-26-17-32(46-13-15-47(16-14-46)35-11-3-28(18-37(35)50-2)38(49)45-31-7-4-29(40)5-8-31)9-12-36(26)51-21-27-20-39(52-22-27,23-48-25-43-24-44-48)33-10-6-30(41)19-34(33)42/h3-12,17-19,24-25,27H,13-16,20-23H2,1-2H3,(H,45,49)/t27-,39+/m1/s1. The number of anilines is 3. The van der Waals surface area contributed by atoms with Gasteiger partial charge >= 0.3 is 0 Å². The van der Waals surface area contributed by atoms with E-state index in [-0.39, 0.29) is 29.8 Å². The van der Waals surface area contributed by atoms with E-state index in [1.165, 1.54) is 42.7 Å². The Morgan fingerprint density at radius 1 is 0.923 bits per heavy atom. The molecule has 7 rings (SSSR count). The van der Waals surface area contributed by atoms with Crippen molar-refractivity contribution < 1.29 is 32.2 Å². The lowest BCUT2D eigenvalue weighted by Gasteiger charge is -2.38. The van der Waals surface area contributed by atoms with E-state index in [1.54, 1.807) is 30.3 Å². The Morgan fingerprint density at radius 3 is 2.40 bits per heavy atom. The van der Waals surface area contributed by atoms with Gasteiger partial charge in [0.1, 0.15) is 47.2 Å². The highest BCUT2D eigenvalue weighted by molar-refractivity contribution is 6.04. The maximum absolute atomic E-state index is 15.0. The number of carbonyl (C=O) groups excluding carboxylic acids is 1. The minimum absolute atomic E-state index is 0.0321. The van der Waals surface area contributed by atoms with Crippen molar-refractivity contribution >= 4 is 23.0 Å². The van der Waals surface area contributed by atoms with Gasteiger partial charge in [0.25, 0.3) is 5.91 Å². The smallest absolute Gasteiger partial charge is 0.255 e. The average Bonchev–Trinajstić information content (AvgIpc) is 3.82. The van der Waals surface area contributed by atoms with Crippen LogP contribution in [-0.2, 0) is 16.9 Å². The van der Waals surface area contributed by atoms with Crippen LogP contribution < -0.4 is 24.6 Å². The fourth-order valence-electron chi connectivity index (χ4n) is 7.01. The Bertz CT molecular complexity index is 2020. The van der Waals surface area contributed by atoms with Crippen molar-refractivity contribution in [3.8, 4) is 11.5 Å². The molecule has 5 aromatic rings. The highest BCUT2D eigenvalue weighted by Gasteiger charge is 2.44. The molecule has 2 aliphatic heterocycles. The van der Waals surface area contributed by atoms with E-state index in [9.17, 15) is 13.6 Å². The van der Waals surface area contributed by atoms with Crippen LogP contribution in [0, 0.1) is 30.3 Å². The molecule has 1 N–H and O–H groups in total. The van der Waals surface area contributed by atoms with Gasteiger partial charge in [0.05, 0.1) is 32.6 Å². The molecule has 13 heteroatoms. The van der Waals surface area contributed by atoms with Crippen LogP contribution in [0.5, 0.6) is 11.5 Å². The number of piperazine rings is 1. The maximum atomic E-state index is 15.0. The Morgan fingerprint density at radius 2 is 1.69 bits per heavy atom. The van der Waals surface area contributed by atoms with Crippen LogP contribution in [0.2, 0.25) is 0 Å². The van der Waals surface area contributed by atoms with E-state index >= 15 is 4.39 Å². The highest BCUT2D eigenvalue weighted by Crippen LogP contribution is 2.42. The number of benzene rings is 4. The molecule has 1 amide bonds. The minimum Gasteiger partial charge on any atom is -0.495 e. The second-order valence-electron chi connectivity index (χ2n) is 13.2. The van der Waals surface area contributed by atoms with Crippen molar-refractivity contribution in [2.45, 2.75) is 25.5 Å². The van der Waals surface area contributed by atoms with Gasteiger partial charge in [0.2, 0.25) is 0 Å². The molecule has 0 saturated carbocycles. The Hall–Kier alpha value is -5.56. The Labute approximate surface area is 299 Å². The summed E-state index contributed by atoms with van der Waals surface area (Å²) in [5, 5.41) is 6.97. The summed E-state index contributed by atoms with van der Waals surface area (Å²) in [6.45, 7) is 6.04. The predicted molar refractivity (Wildman–Crippen MR) is 191 cm³/mol. The number of amides is 1. The number of carbonyl (C=O) groups is 1. The zero-order chi connectivity index (χ0) is 36.2. The molecular formula is C39H39F3N6O4. The molecule has 270 valence electrons. The van der Waals surface area contributed by atoms with Crippen molar-refractivity contribution in [2.24, 2.45) is 5.92 Å². The predicted octanol–water partition coefficient (Wildman–Crippen LogP) is 6.60. The van der Waals surface area contributed by atoms with Crippen LogP contribution in [0.25, 0.3) is 0 Å². The molecule has 4 aromatic carbocycles. The first-order chi connectivity index (χ1) is 25.2. The number of nitrogens with one attached hydrogen (secondary N) is 1. The molecule has 0 unspecified atom stereocenters. The third-order valence-corrected chi connectivity index (χ3v) is 9.68. The summed E-state index contributed by atoms with van der Waals surface area (Å²) in [5.74, 6) is -0.649. The second kappa shape index (κ2) is 15.0. The summed E-state index contributed by atoms with van der Waals surface area (Å²) in [7, 11) is 1.59. The number of aromatic nitrogens is 3. The Balaban J connectivity index is 0.951. The maximum Gasteiger partial charge on any atom is 0.255 e. The quantitative estimate of drug-likeness (QED) is 0.164. The zero-order valence-electron chi connectivity index (χ0n) is 28.9. The van der Waals surface area contributed by atoms with Crippen LogP contribution in [0.4, 0.5) is 30.2 Å². The average molecular weight is 713 g/mol. The normalized spacial score (nSPS) is 18.8. The molecule has 1 aromatic heterocycles. The summed E-state index contributed by atoms with van der Waals surface area (Å²) in [4.78, 5) is 21.4. The molecule has 0 spiro atoms. The van der Waals surface area contributed by atoms with Gasteiger partial charge in [-0.1, -0.05) is 6.07 Å². The largest absolute Gasteiger partial charge is 0.495 e. The summed E-state index contributed by atoms with van der Waals surface area (Å²) >= 11 is 0. The van der Waals surface area contributed by atoms with Crippen molar-refractivity contribution in [1.29, 1.82) is 0 Å². The zero-order valence-corrected chi connectivity index (χ0v) is 28.9. The van der Waals surface area contributed by atoms with E-state index in [2.05, 4.69) is 37.3 Å². The van der Waals surface area contributed by atoms with Gasteiger partial charge in [-0.15, -0.1) is 0 Å². The first-order valence-corrected chi connectivity index (χ1v) is 17.1. The van der Waals surface area contributed by atoms with Crippen LogP contribution in [-0.4, -0.2) is 67.2 Å². The van der Waals surface area contributed by atoms with E-state index < -0.39 is 17.2 Å². The second-order valence-corrected chi connectivity index (χ2v) is 13.2. The van der Waals surface area contributed by atoms with Gasteiger partial charge in [-0.2, -0.15) is 5.10 Å². The van der Waals surface area contributed by atoms with E-state index in [1.807, 2.05) is 19.1 Å². The van der Waals surface area contributed by atoms with E-state index in [0.29, 0.717) is 36.6 Å². The Kier molecular flexibility index (Phi) is 10.0. The lowest BCUT2D eigenvalue weighted by Crippen LogP contribution is -2.46. The minimum atomic E-state index is -1.04. The third-order valence-electron chi connectivity index (χ3n) is 9.68. The van der Waals surface area contributed by atoms with Gasteiger partial charge in [0, 0.05) is 60.7 Å². The van der Waals surface area contributed by atoms with E-state index in [4.69, 9.17) is 14.2 Å². The molecule has 10 nitrogen and oxygen atoms in total. The highest BCUT2D eigenvalue weighted by atomic mass is 19.1. The molecule has 0 radical (unpaired) electrons. The van der Waals surface area contributed by atoms with Crippen molar-refractivity contribution in [3.63, 3.8) is 0 Å². The van der Waals surface area contributed by atoms with Crippen LogP contribution in [0.1, 0.15) is 27.9 Å². The molecule has 0 bridgehead atoms. The van der Waals surface area contributed by atoms with Crippen LogP contribution >= 0.6 is 0 Å². The lowest BCUT2D eigenvalue weighted by atomic mass is 9.87. The number of aryl methyl sites for hydroxylation is 1. The summed E-state index contributed by atoms with van der Waals surface area (Å²) in [6.07, 6.45) is 3.43. The number of hydrogen-bond donors (Lipinski definition) is 1. The number of nitrogens with zero attached hydrogens (tertiary/aromatic N) is 5. The van der Waals surface area contributed by atoms with Crippen LogP contribution in [0.3, 0.4) is 0 Å². The van der Waals surface area contributed by atoms with Gasteiger partial charge in [-0.25, -0.2) is 22.8 Å². The summed E-state index contributed by atoms with van der Waals surface area (Å²) in [6, 6.07) is 20.7. The first kappa shape index (κ1) is 34.9. The number of halogens is 3. The molecule has 3 heterocycles. The van der Waals surface area contributed by atoms with Gasteiger partial charge in [-0.05, 0) is 85.6 Å². The molecular weight excluding hydrogens is 673 g/mol. The molecule has 2 atom stereocenters. The molecule has 2 fully saturated rings. The summed E-state index contributed by atoms with van der Waals surface area (Å²) < 4.78 is 61.9. The number of ether oxygens (including phenoxy) is 3. The fourth-order valence-corrected chi connectivity index (χ4v) is 7.01. The lowest BCUT2D eigenvalue weighted by molar-refractivity contribution is -0.0206. The number of rotatable bonds is 11. The summed E-state index contributed by atoms with van der Waals surface area (Å²) in [5.41, 5.74) is 3.19. The molecule has 2 aliphatic rings. The fraction of sp³-hybridized carbons (Fsp3) is 0.308. The van der Waals surface area contributed by atoms with Gasteiger partial charge in [0.15, 0.2) is 0 Å². The molecule has 2 saturated heterocycles. The van der Waals surface area contributed by atoms with Crippen molar-refractivity contribution in [3.05, 3.63) is 126 Å².